The molecular formula is C15H24N4O. The number of amides is 1. The van der Waals surface area contributed by atoms with Crippen LogP contribution in [0.2, 0.25) is 0 Å². The summed E-state index contributed by atoms with van der Waals surface area (Å²) < 4.78 is 0. The Morgan fingerprint density at radius 3 is 2.50 bits per heavy atom. The molecule has 20 heavy (non-hydrogen) atoms. The van der Waals surface area contributed by atoms with Crippen molar-refractivity contribution in [1.82, 2.24) is 15.2 Å². The Morgan fingerprint density at radius 1 is 1.35 bits per heavy atom. The molecule has 1 aromatic carbocycles. The van der Waals surface area contributed by atoms with Gasteiger partial charge in [-0.25, -0.2) is 5.84 Å². The maximum atomic E-state index is 11.4. The number of hydrogen-bond acceptors (Lipinski definition) is 4. The monoisotopic (exact) mass is 276 g/mol. The van der Waals surface area contributed by atoms with Crippen LogP contribution in [-0.2, 0) is 6.54 Å². The Labute approximate surface area is 120 Å². The molecular weight excluding hydrogens is 252 g/mol. The second-order valence-electron chi connectivity index (χ2n) is 5.87. The van der Waals surface area contributed by atoms with E-state index in [2.05, 4.69) is 36.2 Å². The summed E-state index contributed by atoms with van der Waals surface area (Å²) >= 11 is 0. The lowest BCUT2D eigenvalue weighted by Crippen LogP contribution is -2.34. The van der Waals surface area contributed by atoms with Gasteiger partial charge in [0, 0.05) is 31.2 Å². The van der Waals surface area contributed by atoms with Gasteiger partial charge in [0.1, 0.15) is 0 Å². The molecule has 0 radical (unpaired) electrons. The van der Waals surface area contributed by atoms with Gasteiger partial charge >= 0.3 is 0 Å². The van der Waals surface area contributed by atoms with Crippen LogP contribution < -0.4 is 11.3 Å². The van der Waals surface area contributed by atoms with E-state index in [9.17, 15) is 4.79 Å². The molecule has 0 aromatic heterocycles. The van der Waals surface area contributed by atoms with Crippen molar-refractivity contribution < 1.29 is 4.79 Å². The van der Waals surface area contributed by atoms with Crippen LogP contribution in [0.25, 0.3) is 0 Å². The largest absolute Gasteiger partial charge is 0.305 e. The molecule has 3 N–H and O–H groups in total. The highest BCUT2D eigenvalue weighted by Crippen LogP contribution is 2.21. The van der Waals surface area contributed by atoms with Crippen molar-refractivity contribution in [3.63, 3.8) is 0 Å². The molecule has 1 fully saturated rings. The number of nitrogen functional groups attached to an aromatic ring is 1. The van der Waals surface area contributed by atoms with Crippen molar-refractivity contribution in [3.05, 3.63) is 35.4 Å². The Kier molecular flexibility index (Phi) is 4.75. The maximum Gasteiger partial charge on any atom is 0.265 e. The van der Waals surface area contributed by atoms with Gasteiger partial charge in [-0.3, -0.25) is 15.1 Å². The lowest BCUT2D eigenvalue weighted by molar-refractivity contribution is 0.0953. The van der Waals surface area contributed by atoms with Crippen LogP contribution in [0.5, 0.6) is 0 Å². The average Bonchev–Trinajstić information content (AvgIpc) is 2.79. The third-order valence-corrected chi connectivity index (χ3v) is 4.06. The third kappa shape index (κ3) is 3.36. The van der Waals surface area contributed by atoms with Crippen molar-refractivity contribution in [2.45, 2.75) is 19.5 Å². The summed E-state index contributed by atoms with van der Waals surface area (Å²) in [5.41, 5.74) is 3.96. The van der Waals surface area contributed by atoms with Crippen LogP contribution in [0.15, 0.2) is 24.3 Å². The first-order valence-electron chi connectivity index (χ1n) is 7.00. The number of nitrogens with two attached hydrogens (primary N) is 1. The summed E-state index contributed by atoms with van der Waals surface area (Å²) in [6, 6.07) is 8.26. The molecule has 0 aliphatic carbocycles. The first-order chi connectivity index (χ1) is 9.51. The molecule has 1 heterocycles. The van der Waals surface area contributed by atoms with Crippen LogP contribution in [0, 0.1) is 5.92 Å². The molecule has 1 aliphatic rings. The van der Waals surface area contributed by atoms with Gasteiger partial charge in [0.05, 0.1) is 0 Å². The molecule has 0 bridgehead atoms. The third-order valence-electron chi connectivity index (χ3n) is 4.06. The summed E-state index contributed by atoms with van der Waals surface area (Å²) in [7, 11) is 4.29. The number of hydrazine groups is 1. The molecule has 0 spiro atoms. The number of likely N-dealkylation sites (N-methyl/N-ethyl adjacent to an activating group) is 1. The second-order valence-corrected chi connectivity index (χ2v) is 5.87. The van der Waals surface area contributed by atoms with E-state index in [1.165, 1.54) is 5.56 Å². The minimum atomic E-state index is -0.251. The summed E-state index contributed by atoms with van der Waals surface area (Å²) in [5.74, 6) is 5.56. The van der Waals surface area contributed by atoms with Crippen molar-refractivity contribution in [2.75, 3.05) is 27.2 Å². The van der Waals surface area contributed by atoms with E-state index in [1.54, 1.807) is 0 Å². The minimum absolute atomic E-state index is 0.251. The van der Waals surface area contributed by atoms with Crippen molar-refractivity contribution in [1.29, 1.82) is 0 Å². The molecule has 1 saturated heterocycles. The first-order valence-corrected chi connectivity index (χ1v) is 7.00. The molecule has 2 rings (SSSR count). The van der Waals surface area contributed by atoms with Crippen LogP contribution in [0.3, 0.4) is 0 Å². The zero-order valence-electron chi connectivity index (χ0n) is 12.5. The SMILES string of the molecule is CC1CN(Cc2ccc(C(=O)NN)cc2)CC1N(C)C. The van der Waals surface area contributed by atoms with Gasteiger partial charge in [0.15, 0.2) is 0 Å². The highest BCUT2D eigenvalue weighted by Gasteiger charge is 2.30. The quantitative estimate of drug-likeness (QED) is 0.482. The fourth-order valence-corrected chi connectivity index (χ4v) is 2.95. The van der Waals surface area contributed by atoms with Crippen LogP contribution in [0.1, 0.15) is 22.8 Å². The van der Waals surface area contributed by atoms with E-state index in [-0.39, 0.29) is 5.91 Å². The van der Waals surface area contributed by atoms with E-state index in [4.69, 9.17) is 5.84 Å². The Hall–Kier alpha value is -1.43. The van der Waals surface area contributed by atoms with Crippen LogP contribution in [0.4, 0.5) is 0 Å². The second kappa shape index (κ2) is 6.35. The lowest BCUT2D eigenvalue weighted by Gasteiger charge is -2.22. The Balaban J connectivity index is 1.96. The van der Waals surface area contributed by atoms with Gasteiger partial charge in [-0.05, 0) is 37.7 Å². The van der Waals surface area contributed by atoms with Gasteiger partial charge in [0.2, 0.25) is 0 Å². The minimum Gasteiger partial charge on any atom is -0.305 e. The van der Waals surface area contributed by atoms with E-state index in [0.29, 0.717) is 17.5 Å². The van der Waals surface area contributed by atoms with E-state index < -0.39 is 0 Å². The zero-order valence-corrected chi connectivity index (χ0v) is 12.5. The number of rotatable bonds is 4. The number of carbonyl (C=O) groups excluding carboxylic acids is 1. The highest BCUT2D eigenvalue weighted by atomic mass is 16.2. The highest BCUT2D eigenvalue weighted by molar-refractivity contribution is 5.93. The number of nitrogens with zero attached hydrogens (tertiary/aromatic N) is 2. The first kappa shape index (κ1) is 15.0. The smallest absolute Gasteiger partial charge is 0.265 e. The van der Waals surface area contributed by atoms with Gasteiger partial charge in [-0.1, -0.05) is 19.1 Å². The molecule has 1 aromatic rings. The lowest BCUT2D eigenvalue weighted by atomic mass is 10.1. The number of likely N-dealkylation sites (tertiary alicyclic amines) is 1. The maximum absolute atomic E-state index is 11.4. The van der Waals surface area contributed by atoms with Gasteiger partial charge in [0.25, 0.3) is 5.91 Å². The fraction of sp³-hybridized carbons (Fsp3) is 0.533. The van der Waals surface area contributed by atoms with Crippen LogP contribution >= 0.6 is 0 Å². The van der Waals surface area contributed by atoms with Crippen molar-refractivity contribution in [2.24, 2.45) is 11.8 Å². The molecule has 110 valence electrons. The Bertz CT molecular complexity index is 457. The molecule has 2 unspecified atom stereocenters. The predicted molar refractivity (Wildman–Crippen MR) is 80.0 cm³/mol. The average molecular weight is 276 g/mol. The normalized spacial score (nSPS) is 23.2. The van der Waals surface area contributed by atoms with E-state index in [0.717, 1.165) is 19.6 Å². The number of nitrogens with one attached hydrogen (secondary N) is 1. The molecule has 2 atom stereocenters. The standard InChI is InChI=1S/C15H24N4O/c1-11-8-19(10-14(11)18(2)3)9-12-4-6-13(7-5-12)15(20)17-16/h4-7,11,14H,8-10,16H2,1-3H3,(H,17,20). The van der Waals surface area contributed by atoms with Gasteiger partial charge < -0.3 is 4.90 Å². The molecule has 1 aliphatic heterocycles. The molecule has 1 amide bonds. The predicted octanol–water partition coefficient (Wildman–Crippen LogP) is 0.672. The topological polar surface area (TPSA) is 61.6 Å². The zero-order chi connectivity index (χ0) is 14.7. The summed E-state index contributed by atoms with van der Waals surface area (Å²) in [6.45, 7) is 5.45. The fourth-order valence-electron chi connectivity index (χ4n) is 2.95. The van der Waals surface area contributed by atoms with Gasteiger partial charge in [-0.15, -0.1) is 0 Å². The van der Waals surface area contributed by atoms with E-state index in [1.807, 2.05) is 24.3 Å². The molecule has 0 saturated carbocycles. The van der Waals surface area contributed by atoms with Gasteiger partial charge in [-0.2, -0.15) is 0 Å². The summed E-state index contributed by atoms with van der Waals surface area (Å²) in [5, 5.41) is 0. The molecule has 5 nitrogen and oxygen atoms in total. The van der Waals surface area contributed by atoms with Crippen molar-refractivity contribution in [3.8, 4) is 0 Å². The summed E-state index contributed by atoms with van der Waals surface area (Å²) in [6.07, 6.45) is 0. The number of carbonyl (C=O) groups is 1. The number of benzene rings is 1. The summed E-state index contributed by atoms with van der Waals surface area (Å²) in [4.78, 5) is 16.1. The molecule has 5 heteroatoms. The van der Waals surface area contributed by atoms with E-state index >= 15 is 0 Å². The Morgan fingerprint density at radius 2 is 2.00 bits per heavy atom. The van der Waals surface area contributed by atoms with Crippen LogP contribution in [-0.4, -0.2) is 48.9 Å². The number of hydrogen-bond donors (Lipinski definition) is 2. The van der Waals surface area contributed by atoms with Crippen molar-refractivity contribution >= 4 is 5.91 Å².